The fourth-order valence-corrected chi connectivity index (χ4v) is 3.19. The maximum Gasteiger partial charge on any atom is 0.340 e. The van der Waals surface area contributed by atoms with Gasteiger partial charge in [-0.3, -0.25) is 4.98 Å². The number of fused-ring (bicyclic) bond motifs is 1. The van der Waals surface area contributed by atoms with E-state index < -0.39 is 5.97 Å². The van der Waals surface area contributed by atoms with Crippen molar-refractivity contribution in [2.24, 2.45) is 0 Å². The van der Waals surface area contributed by atoms with Crippen molar-refractivity contribution in [2.75, 3.05) is 6.61 Å². The first-order valence-corrected chi connectivity index (χ1v) is 9.03. The van der Waals surface area contributed by atoms with Gasteiger partial charge in [0.1, 0.15) is 0 Å². The molecule has 0 radical (unpaired) electrons. The zero-order valence-electron chi connectivity index (χ0n) is 15.3. The van der Waals surface area contributed by atoms with Crippen LogP contribution in [0.5, 0.6) is 0 Å². The summed E-state index contributed by atoms with van der Waals surface area (Å²) < 4.78 is 7.15. The number of nitrogens with zero attached hydrogens (tertiary/aromatic N) is 4. The Morgan fingerprint density at radius 3 is 2.65 bits per heavy atom. The Morgan fingerprint density at radius 1 is 1.27 bits per heavy atom. The molecule has 3 rings (SSSR count). The first-order valence-electron chi connectivity index (χ1n) is 8.65. The first-order chi connectivity index (χ1) is 12.5. The summed E-state index contributed by atoms with van der Waals surface area (Å²) in [6.07, 6.45) is 4.98. The molecule has 0 spiro atoms. The number of aryl methyl sites for hydroxylation is 1. The highest BCUT2D eigenvalue weighted by molar-refractivity contribution is 6.30. The summed E-state index contributed by atoms with van der Waals surface area (Å²) in [5, 5.41) is 5.70. The van der Waals surface area contributed by atoms with Crippen LogP contribution in [0.4, 0.5) is 0 Å². The normalized spacial score (nSPS) is 11.3. The summed E-state index contributed by atoms with van der Waals surface area (Å²) in [5.74, 6) is -0.366. The second kappa shape index (κ2) is 7.41. The van der Waals surface area contributed by atoms with E-state index in [1.54, 1.807) is 31.6 Å². The summed E-state index contributed by atoms with van der Waals surface area (Å²) in [4.78, 5) is 21.8. The van der Waals surface area contributed by atoms with Crippen molar-refractivity contribution in [3.05, 3.63) is 40.9 Å². The molecule has 0 aromatic carbocycles. The molecule has 7 heteroatoms. The van der Waals surface area contributed by atoms with Crippen LogP contribution in [0.25, 0.3) is 22.2 Å². The lowest BCUT2D eigenvalue weighted by Gasteiger charge is -2.17. The Labute approximate surface area is 157 Å². The van der Waals surface area contributed by atoms with Crippen LogP contribution in [-0.2, 0) is 11.3 Å². The summed E-state index contributed by atoms with van der Waals surface area (Å²) in [5.41, 5.74) is 3.33. The van der Waals surface area contributed by atoms with Crippen molar-refractivity contribution in [2.45, 2.75) is 40.2 Å². The number of aromatic nitrogens is 4. The smallest absolute Gasteiger partial charge is 0.340 e. The van der Waals surface area contributed by atoms with Crippen molar-refractivity contribution in [1.82, 2.24) is 19.7 Å². The van der Waals surface area contributed by atoms with E-state index in [9.17, 15) is 4.79 Å². The number of pyridine rings is 2. The van der Waals surface area contributed by atoms with E-state index in [0.717, 1.165) is 16.6 Å². The SMILES string of the molecule is CCOC(=O)c1c(C(C)C)nc2c(cnn2CC)c1-c1cncc(Cl)c1. The quantitative estimate of drug-likeness (QED) is 0.618. The van der Waals surface area contributed by atoms with E-state index in [2.05, 4.69) is 10.1 Å². The Morgan fingerprint density at radius 2 is 2.04 bits per heavy atom. The molecule has 3 heterocycles. The number of esters is 1. The van der Waals surface area contributed by atoms with Crippen molar-refractivity contribution < 1.29 is 9.53 Å². The van der Waals surface area contributed by atoms with Crippen molar-refractivity contribution >= 4 is 28.6 Å². The third-order valence-electron chi connectivity index (χ3n) is 4.13. The lowest BCUT2D eigenvalue weighted by molar-refractivity contribution is 0.0525. The van der Waals surface area contributed by atoms with Gasteiger partial charge in [0, 0.05) is 35.5 Å². The van der Waals surface area contributed by atoms with Crippen molar-refractivity contribution in [3.8, 4) is 11.1 Å². The first kappa shape index (κ1) is 18.3. The summed E-state index contributed by atoms with van der Waals surface area (Å²) in [6, 6.07) is 1.79. The minimum atomic E-state index is -0.398. The van der Waals surface area contributed by atoms with E-state index in [4.69, 9.17) is 21.3 Å². The zero-order chi connectivity index (χ0) is 18.8. The van der Waals surface area contributed by atoms with Crippen LogP contribution in [0, 0.1) is 0 Å². The molecule has 0 aliphatic rings. The van der Waals surface area contributed by atoms with Gasteiger partial charge in [0.25, 0.3) is 0 Å². The van der Waals surface area contributed by atoms with Crippen molar-refractivity contribution in [3.63, 3.8) is 0 Å². The largest absolute Gasteiger partial charge is 0.462 e. The van der Waals surface area contributed by atoms with Crippen LogP contribution in [0.2, 0.25) is 5.02 Å². The minimum Gasteiger partial charge on any atom is -0.462 e. The average molecular weight is 373 g/mol. The molecule has 0 amide bonds. The molecule has 0 unspecified atom stereocenters. The van der Waals surface area contributed by atoms with Crippen LogP contribution >= 0.6 is 11.6 Å². The second-order valence-corrected chi connectivity index (χ2v) is 6.65. The molecule has 0 aliphatic carbocycles. The van der Waals surface area contributed by atoms with E-state index in [1.807, 2.05) is 25.5 Å². The van der Waals surface area contributed by atoms with Gasteiger partial charge >= 0.3 is 5.97 Å². The summed E-state index contributed by atoms with van der Waals surface area (Å²) in [6.45, 7) is 8.76. The summed E-state index contributed by atoms with van der Waals surface area (Å²) in [7, 11) is 0. The maximum atomic E-state index is 12.8. The fraction of sp³-hybridized carbons (Fsp3) is 0.368. The van der Waals surface area contributed by atoms with Gasteiger partial charge in [-0.05, 0) is 25.8 Å². The van der Waals surface area contributed by atoms with E-state index >= 15 is 0 Å². The maximum absolute atomic E-state index is 12.8. The molecule has 0 N–H and O–H groups in total. The predicted octanol–water partition coefficient (Wildman–Crippen LogP) is 4.47. The number of ether oxygens (including phenoxy) is 1. The van der Waals surface area contributed by atoms with Gasteiger partial charge in [0.15, 0.2) is 5.65 Å². The number of halogens is 1. The second-order valence-electron chi connectivity index (χ2n) is 6.21. The van der Waals surface area contributed by atoms with Crippen LogP contribution in [0.3, 0.4) is 0 Å². The number of carbonyl (C=O) groups excluding carboxylic acids is 1. The zero-order valence-corrected chi connectivity index (χ0v) is 16.0. The lowest BCUT2D eigenvalue weighted by Crippen LogP contribution is -2.14. The fourth-order valence-electron chi connectivity index (χ4n) is 3.01. The van der Waals surface area contributed by atoms with Crippen LogP contribution in [0.15, 0.2) is 24.7 Å². The van der Waals surface area contributed by atoms with E-state index in [1.165, 1.54) is 0 Å². The van der Waals surface area contributed by atoms with Crippen molar-refractivity contribution in [1.29, 1.82) is 0 Å². The third-order valence-corrected chi connectivity index (χ3v) is 4.34. The molecule has 0 saturated carbocycles. The number of rotatable bonds is 5. The van der Waals surface area contributed by atoms with E-state index in [-0.39, 0.29) is 12.5 Å². The topological polar surface area (TPSA) is 69.9 Å². The Kier molecular flexibility index (Phi) is 5.23. The number of hydrogen-bond acceptors (Lipinski definition) is 5. The summed E-state index contributed by atoms with van der Waals surface area (Å²) >= 11 is 6.16. The molecule has 0 saturated heterocycles. The minimum absolute atomic E-state index is 0.0323. The average Bonchev–Trinajstić information content (AvgIpc) is 3.02. The number of hydrogen-bond donors (Lipinski definition) is 0. The molecule has 0 aliphatic heterocycles. The monoisotopic (exact) mass is 372 g/mol. The van der Waals surface area contributed by atoms with Gasteiger partial charge in [-0.1, -0.05) is 25.4 Å². The lowest BCUT2D eigenvalue weighted by atomic mass is 9.93. The molecular formula is C19H21ClN4O2. The van der Waals surface area contributed by atoms with Gasteiger partial charge in [-0.25, -0.2) is 14.5 Å². The Hall–Kier alpha value is -2.47. The van der Waals surface area contributed by atoms with Gasteiger partial charge in [0.05, 0.1) is 29.1 Å². The van der Waals surface area contributed by atoms with Gasteiger partial charge in [0.2, 0.25) is 0 Å². The molecule has 0 fully saturated rings. The molecule has 6 nitrogen and oxygen atoms in total. The molecule has 136 valence electrons. The Balaban J connectivity index is 2.45. The molecule has 0 atom stereocenters. The molecule has 3 aromatic rings. The van der Waals surface area contributed by atoms with E-state index in [0.29, 0.717) is 28.4 Å². The molecule has 3 aromatic heterocycles. The van der Waals surface area contributed by atoms with Crippen LogP contribution in [0.1, 0.15) is 49.7 Å². The van der Waals surface area contributed by atoms with Gasteiger partial charge in [-0.15, -0.1) is 0 Å². The third kappa shape index (κ3) is 3.17. The molecule has 26 heavy (non-hydrogen) atoms. The van der Waals surface area contributed by atoms with Gasteiger partial charge < -0.3 is 4.74 Å². The highest BCUT2D eigenvalue weighted by atomic mass is 35.5. The number of carbonyl (C=O) groups is 1. The standard InChI is InChI=1S/C19H21ClN4O2/c1-5-24-18-14(10-22-24)15(12-7-13(20)9-21-8-12)16(19(25)26-6-2)17(23-18)11(3)4/h7-11H,5-6H2,1-4H3. The molecular weight excluding hydrogens is 352 g/mol. The Bertz CT molecular complexity index is 966. The predicted molar refractivity (Wildman–Crippen MR) is 101 cm³/mol. The van der Waals surface area contributed by atoms with Gasteiger partial charge in [-0.2, -0.15) is 5.10 Å². The highest BCUT2D eigenvalue weighted by Crippen LogP contribution is 2.36. The van der Waals surface area contributed by atoms with Crippen LogP contribution in [-0.4, -0.2) is 32.3 Å². The highest BCUT2D eigenvalue weighted by Gasteiger charge is 2.26. The molecule has 0 bridgehead atoms. The van der Waals surface area contributed by atoms with Crippen LogP contribution < -0.4 is 0 Å².